The topological polar surface area (TPSA) is 63.7 Å². The van der Waals surface area contributed by atoms with Crippen molar-refractivity contribution in [2.75, 3.05) is 19.3 Å². The molecule has 0 amide bonds. The Morgan fingerprint density at radius 2 is 1.73 bits per heavy atom. The van der Waals surface area contributed by atoms with E-state index in [4.69, 9.17) is 4.74 Å². The molecular formula is C18H25F2NO4S. The Labute approximate surface area is 153 Å². The van der Waals surface area contributed by atoms with Crippen molar-refractivity contribution in [2.45, 2.75) is 45.1 Å². The van der Waals surface area contributed by atoms with Gasteiger partial charge in [-0.05, 0) is 56.2 Å². The predicted molar refractivity (Wildman–Crippen MR) is 94.1 cm³/mol. The lowest BCUT2D eigenvalue weighted by atomic mass is 9.78. The lowest BCUT2D eigenvalue weighted by Crippen LogP contribution is -2.39. The van der Waals surface area contributed by atoms with Gasteiger partial charge >= 0.3 is 5.97 Å². The highest BCUT2D eigenvalue weighted by molar-refractivity contribution is 7.88. The first-order chi connectivity index (χ1) is 12.1. The van der Waals surface area contributed by atoms with Gasteiger partial charge in [-0.15, -0.1) is 0 Å². The average molecular weight is 389 g/mol. The quantitative estimate of drug-likeness (QED) is 0.702. The summed E-state index contributed by atoms with van der Waals surface area (Å²) in [5, 5.41) is 0. The Morgan fingerprint density at radius 3 is 2.19 bits per heavy atom. The average Bonchev–Trinajstić information content (AvgIpc) is 2.50. The molecule has 0 aromatic heterocycles. The molecule has 2 rings (SSSR count). The van der Waals surface area contributed by atoms with Crippen LogP contribution >= 0.6 is 0 Å². The third kappa shape index (κ3) is 5.74. The van der Waals surface area contributed by atoms with Crippen molar-refractivity contribution in [1.29, 1.82) is 0 Å². The standard InChI is InChI=1S/C18H25F2NO4S/c1-12(2)25-18(22)11-17(14-8-15(19)10-16(20)9-14)13-4-6-21(7-5-13)26(3,23)24/h8-10,12-13,17H,4-7,11H2,1-3H3/t17-/m0/s1. The molecule has 1 aliphatic rings. The molecule has 1 aliphatic heterocycles. The molecule has 1 aromatic carbocycles. The maximum atomic E-state index is 13.7. The second kappa shape index (κ2) is 8.43. The Balaban J connectivity index is 2.22. The van der Waals surface area contributed by atoms with Crippen LogP contribution in [-0.2, 0) is 19.6 Å². The summed E-state index contributed by atoms with van der Waals surface area (Å²) >= 11 is 0. The first kappa shape index (κ1) is 20.8. The van der Waals surface area contributed by atoms with Gasteiger partial charge < -0.3 is 4.74 Å². The van der Waals surface area contributed by atoms with E-state index in [1.54, 1.807) is 13.8 Å². The van der Waals surface area contributed by atoms with Crippen LogP contribution in [0.2, 0.25) is 0 Å². The monoisotopic (exact) mass is 389 g/mol. The number of esters is 1. The lowest BCUT2D eigenvalue weighted by Gasteiger charge is -2.35. The number of hydrogen-bond acceptors (Lipinski definition) is 4. The van der Waals surface area contributed by atoms with Crippen LogP contribution in [0.5, 0.6) is 0 Å². The summed E-state index contributed by atoms with van der Waals surface area (Å²) in [6.07, 6.45) is 1.92. The summed E-state index contributed by atoms with van der Waals surface area (Å²) in [5.74, 6) is -2.31. The lowest BCUT2D eigenvalue weighted by molar-refractivity contribution is -0.148. The molecule has 1 fully saturated rings. The number of ether oxygens (including phenoxy) is 1. The van der Waals surface area contributed by atoms with Crippen LogP contribution in [0, 0.1) is 17.6 Å². The Bertz CT molecular complexity index is 723. The van der Waals surface area contributed by atoms with Crippen molar-refractivity contribution in [1.82, 2.24) is 4.31 Å². The zero-order valence-corrected chi connectivity index (χ0v) is 16.1. The van der Waals surface area contributed by atoms with E-state index in [-0.39, 0.29) is 18.4 Å². The number of carbonyl (C=O) groups excluding carboxylic acids is 1. The minimum absolute atomic E-state index is 0.00458. The molecule has 146 valence electrons. The van der Waals surface area contributed by atoms with E-state index >= 15 is 0 Å². The molecule has 8 heteroatoms. The summed E-state index contributed by atoms with van der Waals surface area (Å²) in [7, 11) is -3.27. The van der Waals surface area contributed by atoms with E-state index in [1.807, 2.05) is 0 Å². The molecular weight excluding hydrogens is 364 g/mol. The van der Waals surface area contributed by atoms with Crippen LogP contribution in [0.4, 0.5) is 8.78 Å². The molecule has 26 heavy (non-hydrogen) atoms. The summed E-state index contributed by atoms with van der Waals surface area (Å²) in [6.45, 7) is 4.13. The van der Waals surface area contributed by atoms with Crippen LogP contribution in [0.25, 0.3) is 0 Å². The molecule has 0 unspecified atom stereocenters. The third-order valence-electron chi connectivity index (χ3n) is 4.60. The van der Waals surface area contributed by atoms with Gasteiger partial charge in [0.2, 0.25) is 10.0 Å². The maximum absolute atomic E-state index is 13.7. The van der Waals surface area contributed by atoms with Gasteiger partial charge in [-0.25, -0.2) is 21.5 Å². The highest BCUT2D eigenvalue weighted by Crippen LogP contribution is 2.36. The van der Waals surface area contributed by atoms with E-state index in [0.29, 0.717) is 31.5 Å². The number of piperidine rings is 1. The van der Waals surface area contributed by atoms with Crippen molar-refractivity contribution in [2.24, 2.45) is 5.92 Å². The normalized spacial score (nSPS) is 18.1. The summed E-state index contributed by atoms with van der Waals surface area (Å²) < 4.78 is 57.3. The van der Waals surface area contributed by atoms with E-state index < -0.39 is 33.5 Å². The molecule has 5 nitrogen and oxygen atoms in total. The van der Waals surface area contributed by atoms with Crippen LogP contribution < -0.4 is 0 Å². The van der Waals surface area contributed by atoms with Crippen molar-refractivity contribution in [3.05, 3.63) is 35.4 Å². The number of carbonyl (C=O) groups is 1. The van der Waals surface area contributed by atoms with Crippen LogP contribution in [0.15, 0.2) is 18.2 Å². The van der Waals surface area contributed by atoms with Gasteiger partial charge in [-0.1, -0.05) is 0 Å². The molecule has 1 heterocycles. The van der Waals surface area contributed by atoms with Gasteiger partial charge in [0.1, 0.15) is 11.6 Å². The van der Waals surface area contributed by atoms with Gasteiger partial charge in [0, 0.05) is 19.2 Å². The Morgan fingerprint density at radius 1 is 1.19 bits per heavy atom. The van der Waals surface area contributed by atoms with Crippen LogP contribution in [0.3, 0.4) is 0 Å². The molecule has 0 bridgehead atoms. The minimum Gasteiger partial charge on any atom is -0.463 e. The van der Waals surface area contributed by atoms with Crippen LogP contribution in [-0.4, -0.2) is 44.1 Å². The molecule has 0 radical (unpaired) electrons. The van der Waals surface area contributed by atoms with Crippen molar-refractivity contribution in [3.63, 3.8) is 0 Å². The smallest absolute Gasteiger partial charge is 0.306 e. The largest absolute Gasteiger partial charge is 0.463 e. The second-order valence-electron chi connectivity index (χ2n) is 7.05. The Hall–Kier alpha value is -1.54. The van der Waals surface area contributed by atoms with Crippen LogP contribution in [0.1, 0.15) is 44.6 Å². The summed E-state index contributed by atoms with van der Waals surface area (Å²) in [5.41, 5.74) is 0.404. The van der Waals surface area contributed by atoms with E-state index in [1.165, 1.54) is 16.4 Å². The number of sulfonamides is 1. The number of nitrogens with zero attached hydrogens (tertiary/aromatic N) is 1. The van der Waals surface area contributed by atoms with E-state index in [9.17, 15) is 22.0 Å². The Kier molecular flexibility index (Phi) is 6.74. The number of rotatable bonds is 6. The fraction of sp³-hybridized carbons (Fsp3) is 0.611. The summed E-state index contributed by atoms with van der Waals surface area (Å²) in [4.78, 5) is 12.2. The first-order valence-corrected chi connectivity index (χ1v) is 10.5. The predicted octanol–water partition coefficient (Wildman–Crippen LogP) is 3.06. The van der Waals surface area contributed by atoms with Gasteiger partial charge in [-0.2, -0.15) is 0 Å². The van der Waals surface area contributed by atoms with Gasteiger partial charge in [0.05, 0.1) is 18.8 Å². The number of hydrogen-bond donors (Lipinski definition) is 0. The molecule has 1 saturated heterocycles. The number of benzene rings is 1. The van der Waals surface area contributed by atoms with Gasteiger partial charge in [0.15, 0.2) is 0 Å². The summed E-state index contributed by atoms with van der Waals surface area (Å²) in [6, 6.07) is 3.26. The zero-order valence-electron chi connectivity index (χ0n) is 15.2. The molecule has 0 spiro atoms. The fourth-order valence-electron chi connectivity index (χ4n) is 3.45. The minimum atomic E-state index is -3.27. The molecule has 0 N–H and O–H groups in total. The highest BCUT2D eigenvalue weighted by atomic mass is 32.2. The highest BCUT2D eigenvalue weighted by Gasteiger charge is 2.32. The first-order valence-electron chi connectivity index (χ1n) is 8.67. The second-order valence-corrected chi connectivity index (χ2v) is 9.03. The third-order valence-corrected chi connectivity index (χ3v) is 5.91. The molecule has 0 saturated carbocycles. The van der Waals surface area contributed by atoms with Gasteiger partial charge in [-0.3, -0.25) is 4.79 Å². The van der Waals surface area contributed by atoms with E-state index in [2.05, 4.69) is 0 Å². The molecule has 1 atom stereocenters. The van der Waals surface area contributed by atoms with Crippen molar-refractivity contribution >= 4 is 16.0 Å². The van der Waals surface area contributed by atoms with Gasteiger partial charge in [0.25, 0.3) is 0 Å². The zero-order chi connectivity index (χ0) is 19.5. The van der Waals surface area contributed by atoms with Crippen molar-refractivity contribution in [3.8, 4) is 0 Å². The fourth-order valence-corrected chi connectivity index (χ4v) is 4.32. The van der Waals surface area contributed by atoms with Crippen molar-refractivity contribution < 1.29 is 26.7 Å². The molecule has 0 aliphatic carbocycles. The number of halogens is 2. The van der Waals surface area contributed by atoms with E-state index in [0.717, 1.165) is 12.3 Å². The SMILES string of the molecule is CC(C)OC(=O)C[C@H](c1cc(F)cc(F)c1)C1CCN(S(C)(=O)=O)CC1. The molecule has 1 aromatic rings. The maximum Gasteiger partial charge on any atom is 0.306 e.